The maximum absolute atomic E-state index is 5.34. The molecule has 0 radical (unpaired) electrons. The third-order valence-corrected chi connectivity index (χ3v) is 1.68. The number of H-pyrrole nitrogens is 1. The summed E-state index contributed by atoms with van der Waals surface area (Å²) in [6, 6.07) is 0. The predicted molar refractivity (Wildman–Crippen MR) is 54.9 cm³/mol. The molecule has 1 aromatic rings. The Bertz CT molecular complexity index is 321. The molecule has 0 amide bonds. The number of aromatic amines is 1. The van der Waals surface area contributed by atoms with E-state index in [1.807, 2.05) is 19.2 Å². The van der Waals surface area contributed by atoms with Gasteiger partial charge in [0, 0.05) is 17.5 Å². The molecule has 0 aromatic carbocycles. The number of aryl methyl sites for hydroxylation is 1. The second-order valence-corrected chi connectivity index (χ2v) is 2.84. The van der Waals surface area contributed by atoms with Crippen LogP contribution in [0.3, 0.4) is 0 Å². The van der Waals surface area contributed by atoms with Gasteiger partial charge in [-0.25, -0.2) is 4.98 Å². The molecule has 0 saturated heterocycles. The van der Waals surface area contributed by atoms with Gasteiger partial charge in [-0.2, -0.15) is 0 Å². The van der Waals surface area contributed by atoms with Gasteiger partial charge in [0.15, 0.2) is 0 Å². The second-order valence-electron chi connectivity index (χ2n) is 2.84. The Morgan fingerprint density at radius 1 is 1.69 bits per heavy atom. The van der Waals surface area contributed by atoms with Crippen molar-refractivity contribution in [1.29, 1.82) is 0 Å². The number of allylic oxidation sites excluding steroid dienone is 3. The van der Waals surface area contributed by atoms with Gasteiger partial charge < -0.3 is 10.7 Å². The largest absolute Gasteiger partial charge is 0.405 e. The number of nitrogens with one attached hydrogen (secondary N) is 1. The van der Waals surface area contributed by atoms with Gasteiger partial charge in [0.2, 0.25) is 0 Å². The van der Waals surface area contributed by atoms with E-state index in [0.29, 0.717) is 0 Å². The third-order valence-electron chi connectivity index (χ3n) is 1.68. The SMILES string of the molecule is CC/C=C(\C=C/N)c1ncc(C)[nH]1. The summed E-state index contributed by atoms with van der Waals surface area (Å²) in [6.45, 7) is 4.06. The van der Waals surface area contributed by atoms with Gasteiger partial charge in [-0.15, -0.1) is 0 Å². The highest BCUT2D eigenvalue weighted by molar-refractivity contribution is 5.69. The number of imidazole rings is 1. The Hall–Kier alpha value is -1.51. The van der Waals surface area contributed by atoms with E-state index >= 15 is 0 Å². The smallest absolute Gasteiger partial charge is 0.137 e. The average molecular weight is 177 g/mol. The second kappa shape index (κ2) is 4.50. The van der Waals surface area contributed by atoms with E-state index < -0.39 is 0 Å². The summed E-state index contributed by atoms with van der Waals surface area (Å²) in [5.41, 5.74) is 7.44. The van der Waals surface area contributed by atoms with Gasteiger partial charge in [-0.1, -0.05) is 13.0 Å². The van der Waals surface area contributed by atoms with Gasteiger partial charge >= 0.3 is 0 Å². The molecule has 0 spiro atoms. The summed E-state index contributed by atoms with van der Waals surface area (Å²) in [5.74, 6) is 0.876. The first kappa shape index (κ1) is 9.58. The number of aromatic nitrogens is 2. The quantitative estimate of drug-likeness (QED) is 0.694. The molecule has 0 bridgehead atoms. The molecule has 0 aliphatic carbocycles. The highest BCUT2D eigenvalue weighted by Gasteiger charge is 2.00. The normalized spacial score (nSPS) is 12.6. The van der Waals surface area contributed by atoms with Crippen LogP contribution in [0.15, 0.2) is 24.5 Å². The lowest BCUT2D eigenvalue weighted by atomic mass is 10.2. The lowest BCUT2D eigenvalue weighted by Crippen LogP contribution is -1.86. The fourth-order valence-electron chi connectivity index (χ4n) is 1.13. The Balaban J connectivity index is 2.95. The molecule has 0 aliphatic heterocycles. The molecular weight excluding hydrogens is 162 g/mol. The minimum absolute atomic E-state index is 0.876. The molecule has 1 heterocycles. The fourth-order valence-corrected chi connectivity index (χ4v) is 1.13. The molecule has 1 aromatic heterocycles. The van der Waals surface area contributed by atoms with Gasteiger partial charge in [0.1, 0.15) is 5.82 Å². The van der Waals surface area contributed by atoms with Crippen molar-refractivity contribution in [2.75, 3.05) is 0 Å². The Morgan fingerprint density at radius 2 is 2.46 bits per heavy atom. The van der Waals surface area contributed by atoms with Gasteiger partial charge in [-0.3, -0.25) is 0 Å². The van der Waals surface area contributed by atoms with Gasteiger partial charge in [0.25, 0.3) is 0 Å². The molecule has 13 heavy (non-hydrogen) atoms. The highest BCUT2D eigenvalue weighted by atomic mass is 14.9. The molecular formula is C10H15N3. The summed E-state index contributed by atoms with van der Waals surface area (Å²) in [5, 5.41) is 0. The molecule has 0 atom stereocenters. The van der Waals surface area contributed by atoms with E-state index in [1.54, 1.807) is 0 Å². The van der Waals surface area contributed by atoms with Crippen LogP contribution >= 0.6 is 0 Å². The van der Waals surface area contributed by atoms with Crippen LogP contribution in [0.1, 0.15) is 24.9 Å². The van der Waals surface area contributed by atoms with Crippen molar-refractivity contribution in [3.05, 3.63) is 36.1 Å². The van der Waals surface area contributed by atoms with Crippen LogP contribution in [0.5, 0.6) is 0 Å². The fraction of sp³-hybridized carbons (Fsp3) is 0.300. The summed E-state index contributed by atoms with van der Waals surface area (Å²) in [4.78, 5) is 7.38. The van der Waals surface area contributed by atoms with E-state index in [4.69, 9.17) is 5.73 Å². The number of hydrogen-bond donors (Lipinski definition) is 2. The lowest BCUT2D eigenvalue weighted by Gasteiger charge is -1.95. The minimum Gasteiger partial charge on any atom is -0.405 e. The summed E-state index contributed by atoms with van der Waals surface area (Å²) < 4.78 is 0. The topological polar surface area (TPSA) is 54.7 Å². The van der Waals surface area contributed by atoms with Crippen molar-refractivity contribution in [3.63, 3.8) is 0 Å². The van der Waals surface area contributed by atoms with Crippen LogP contribution in [0.4, 0.5) is 0 Å². The van der Waals surface area contributed by atoms with E-state index in [1.165, 1.54) is 6.20 Å². The molecule has 3 heteroatoms. The highest BCUT2D eigenvalue weighted by Crippen LogP contribution is 2.12. The van der Waals surface area contributed by atoms with Crippen molar-refractivity contribution in [2.45, 2.75) is 20.3 Å². The first-order valence-electron chi connectivity index (χ1n) is 4.38. The number of nitrogens with zero attached hydrogens (tertiary/aromatic N) is 1. The van der Waals surface area contributed by atoms with E-state index in [9.17, 15) is 0 Å². The Kier molecular flexibility index (Phi) is 3.31. The molecule has 1 rings (SSSR count). The van der Waals surface area contributed by atoms with Crippen molar-refractivity contribution in [1.82, 2.24) is 9.97 Å². The molecule has 3 nitrogen and oxygen atoms in total. The number of hydrogen-bond acceptors (Lipinski definition) is 2. The van der Waals surface area contributed by atoms with E-state index in [-0.39, 0.29) is 0 Å². The van der Waals surface area contributed by atoms with Gasteiger partial charge in [0.05, 0.1) is 0 Å². The molecule has 0 saturated carbocycles. The van der Waals surface area contributed by atoms with Crippen LogP contribution in [0.2, 0.25) is 0 Å². The summed E-state index contributed by atoms with van der Waals surface area (Å²) >= 11 is 0. The molecule has 3 N–H and O–H groups in total. The van der Waals surface area contributed by atoms with Crippen LogP contribution < -0.4 is 5.73 Å². The molecule has 70 valence electrons. The lowest BCUT2D eigenvalue weighted by molar-refractivity contribution is 1.18. The summed E-state index contributed by atoms with van der Waals surface area (Å²) in [7, 11) is 0. The van der Waals surface area contributed by atoms with Gasteiger partial charge in [-0.05, 0) is 25.6 Å². The molecule has 0 unspecified atom stereocenters. The first-order valence-corrected chi connectivity index (χ1v) is 4.38. The predicted octanol–water partition coefficient (Wildman–Crippen LogP) is 1.98. The maximum Gasteiger partial charge on any atom is 0.137 e. The zero-order chi connectivity index (χ0) is 9.68. The number of nitrogens with two attached hydrogens (primary N) is 1. The zero-order valence-electron chi connectivity index (χ0n) is 8.04. The standard InChI is InChI=1S/C10H15N3/c1-3-4-9(5-6-11)10-12-7-8(2)13-10/h4-7H,3,11H2,1-2H3,(H,12,13)/b6-5-,9-4+. The maximum atomic E-state index is 5.34. The molecule has 0 fully saturated rings. The van der Waals surface area contributed by atoms with Crippen molar-refractivity contribution in [2.24, 2.45) is 5.73 Å². The van der Waals surface area contributed by atoms with E-state index in [2.05, 4.69) is 23.0 Å². The molecule has 0 aliphatic rings. The third kappa shape index (κ3) is 2.47. The average Bonchev–Trinajstić information content (AvgIpc) is 2.51. The van der Waals surface area contributed by atoms with E-state index in [0.717, 1.165) is 23.5 Å². The summed E-state index contributed by atoms with van der Waals surface area (Å²) in [6.07, 6.45) is 8.24. The van der Waals surface area contributed by atoms with Crippen molar-refractivity contribution in [3.8, 4) is 0 Å². The van der Waals surface area contributed by atoms with Crippen LogP contribution in [0.25, 0.3) is 5.57 Å². The first-order chi connectivity index (χ1) is 6.27. The van der Waals surface area contributed by atoms with Crippen LogP contribution in [0, 0.1) is 6.92 Å². The Labute approximate surface area is 78.4 Å². The van der Waals surface area contributed by atoms with Crippen molar-refractivity contribution < 1.29 is 0 Å². The van der Waals surface area contributed by atoms with Crippen LogP contribution in [-0.4, -0.2) is 9.97 Å². The van der Waals surface area contributed by atoms with Crippen molar-refractivity contribution >= 4 is 5.57 Å². The monoisotopic (exact) mass is 177 g/mol. The number of rotatable bonds is 3. The zero-order valence-corrected chi connectivity index (χ0v) is 8.04. The van der Waals surface area contributed by atoms with Crippen LogP contribution in [-0.2, 0) is 0 Å². The minimum atomic E-state index is 0.876. The Morgan fingerprint density at radius 3 is 2.92 bits per heavy atom.